The third kappa shape index (κ3) is 2.71. The number of anilines is 2. The molecule has 0 aliphatic carbocycles. The molecule has 0 aliphatic rings. The third-order valence-electron chi connectivity index (χ3n) is 1.95. The molecule has 0 amide bonds. The Morgan fingerprint density at radius 1 is 1.25 bits per heavy atom. The van der Waals surface area contributed by atoms with Gasteiger partial charge in [0.05, 0.1) is 21.4 Å². The fraction of sp³-hybridized carbons (Fsp3) is 0.0909. The van der Waals surface area contributed by atoms with E-state index in [4.69, 9.17) is 11.6 Å². The van der Waals surface area contributed by atoms with Crippen molar-refractivity contribution in [3.8, 4) is 0 Å². The van der Waals surface area contributed by atoms with Gasteiger partial charge in [-0.05, 0) is 40.5 Å². The van der Waals surface area contributed by atoms with Gasteiger partial charge in [-0.3, -0.25) is 4.98 Å². The van der Waals surface area contributed by atoms with E-state index in [-0.39, 0.29) is 0 Å². The van der Waals surface area contributed by atoms with Crippen LogP contribution in [0.3, 0.4) is 0 Å². The predicted octanol–water partition coefficient (Wildman–Crippen LogP) is 3.94. The topological polar surface area (TPSA) is 37.8 Å². The highest BCUT2D eigenvalue weighted by atomic mass is 79.9. The lowest BCUT2D eigenvalue weighted by atomic mass is 10.3. The molecule has 2 aromatic rings. The molecular weight excluding hydrogens is 289 g/mol. The van der Waals surface area contributed by atoms with Gasteiger partial charge in [0.2, 0.25) is 0 Å². The molecule has 2 rings (SSSR count). The summed E-state index contributed by atoms with van der Waals surface area (Å²) in [6.45, 7) is 1.99. The summed E-state index contributed by atoms with van der Waals surface area (Å²) in [4.78, 5) is 8.28. The summed E-state index contributed by atoms with van der Waals surface area (Å²) in [7, 11) is 0. The Morgan fingerprint density at radius 3 is 2.75 bits per heavy atom. The zero-order valence-electron chi connectivity index (χ0n) is 8.54. The lowest BCUT2D eigenvalue weighted by molar-refractivity contribution is 1.24. The predicted molar refractivity (Wildman–Crippen MR) is 69.2 cm³/mol. The summed E-state index contributed by atoms with van der Waals surface area (Å²) in [6, 6.07) is 3.79. The van der Waals surface area contributed by atoms with E-state index >= 15 is 0 Å². The van der Waals surface area contributed by atoms with Crippen LogP contribution in [0.5, 0.6) is 0 Å². The molecule has 2 heterocycles. The van der Waals surface area contributed by atoms with Crippen molar-refractivity contribution >= 4 is 39.0 Å². The zero-order chi connectivity index (χ0) is 11.5. The quantitative estimate of drug-likeness (QED) is 0.912. The Hall–Kier alpha value is -1.13. The van der Waals surface area contributed by atoms with Crippen molar-refractivity contribution in [1.82, 2.24) is 9.97 Å². The molecule has 0 saturated carbocycles. The minimum atomic E-state index is 0.597. The van der Waals surface area contributed by atoms with Crippen LogP contribution in [0.1, 0.15) is 5.56 Å². The first-order valence-electron chi connectivity index (χ1n) is 4.65. The lowest BCUT2D eigenvalue weighted by Gasteiger charge is -2.07. The SMILES string of the molecule is Cc1cncc(Nc2ncc(Cl)cc2Br)c1. The number of aryl methyl sites for hydroxylation is 1. The molecule has 2 aromatic heterocycles. The summed E-state index contributed by atoms with van der Waals surface area (Å²) in [6.07, 6.45) is 5.14. The van der Waals surface area contributed by atoms with Crippen molar-refractivity contribution in [3.05, 3.63) is 45.8 Å². The summed E-state index contributed by atoms with van der Waals surface area (Å²) in [5.74, 6) is 0.719. The highest BCUT2D eigenvalue weighted by molar-refractivity contribution is 9.10. The normalized spacial score (nSPS) is 10.2. The van der Waals surface area contributed by atoms with E-state index in [1.807, 2.05) is 13.0 Å². The standard InChI is InChI=1S/C11H9BrClN3/c1-7-2-9(6-14-4-7)16-11-10(12)3-8(13)5-15-11/h2-6H,1H3,(H,15,16). The van der Waals surface area contributed by atoms with Crippen LogP contribution in [-0.2, 0) is 0 Å². The van der Waals surface area contributed by atoms with Gasteiger partial charge in [0.15, 0.2) is 0 Å². The molecular formula is C11H9BrClN3. The number of hydrogen-bond donors (Lipinski definition) is 1. The van der Waals surface area contributed by atoms with Crippen LogP contribution in [0.25, 0.3) is 0 Å². The smallest absolute Gasteiger partial charge is 0.144 e. The van der Waals surface area contributed by atoms with E-state index in [2.05, 4.69) is 31.2 Å². The fourth-order valence-electron chi connectivity index (χ4n) is 1.27. The van der Waals surface area contributed by atoms with Crippen LogP contribution < -0.4 is 5.32 Å². The molecule has 0 saturated heterocycles. The Balaban J connectivity index is 2.27. The maximum absolute atomic E-state index is 5.81. The monoisotopic (exact) mass is 297 g/mol. The van der Waals surface area contributed by atoms with Gasteiger partial charge < -0.3 is 5.32 Å². The molecule has 0 unspecified atom stereocenters. The highest BCUT2D eigenvalue weighted by Gasteiger charge is 2.03. The second-order valence-corrected chi connectivity index (χ2v) is 4.65. The second kappa shape index (κ2) is 4.80. The van der Waals surface area contributed by atoms with E-state index < -0.39 is 0 Å². The minimum absolute atomic E-state index is 0.597. The first kappa shape index (κ1) is 11.4. The number of nitrogens with one attached hydrogen (secondary N) is 1. The maximum Gasteiger partial charge on any atom is 0.144 e. The van der Waals surface area contributed by atoms with E-state index in [1.165, 1.54) is 0 Å². The van der Waals surface area contributed by atoms with Crippen molar-refractivity contribution in [2.24, 2.45) is 0 Å². The van der Waals surface area contributed by atoms with E-state index in [1.54, 1.807) is 24.7 Å². The van der Waals surface area contributed by atoms with Crippen LogP contribution in [0.2, 0.25) is 5.02 Å². The summed E-state index contributed by atoms with van der Waals surface area (Å²) < 4.78 is 0.821. The number of rotatable bonds is 2. The number of halogens is 2. The largest absolute Gasteiger partial charge is 0.338 e. The zero-order valence-corrected chi connectivity index (χ0v) is 10.9. The molecule has 1 N–H and O–H groups in total. The van der Waals surface area contributed by atoms with E-state index in [9.17, 15) is 0 Å². The molecule has 16 heavy (non-hydrogen) atoms. The molecule has 0 bridgehead atoms. The molecule has 0 aliphatic heterocycles. The van der Waals surface area contributed by atoms with Gasteiger partial charge in [-0.2, -0.15) is 0 Å². The third-order valence-corrected chi connectivity index (χ3v) is 2.76. The van der Waals surface area contributed by atoms with Crippen LogP contribution >= 0.6 is 27.5 Å². The molecule has 0 atom stereocenters. The Bertz CT molecular complexity index is 516. The highest BCUT2D eigenvalue weighted by Crippen LogP contribution is 2.25. The lowest BCUT2D eigenvalue weighted by Crippen LogP contribution is -1.95. The van der Waals surface area contributed by atoms with Crippen LogP contribution in [0, 0.1) is 6.92 Å². The van der Waals surface area contributed by atoms with Crippen molar-refractivity contribution in [1.29, 1.82) is 0 Å². The maximum atomic E-state index is 5.81. The Morgan fingerprint density at radius 2 is 2.06 bits per heavy atom. The fourth-order valence-corrected chi connectivity index (χ4v) is 2.00. The van der Waals surface area contributed by atoms with Crippen LogP contribution in [-0.4, -0.2) is 9.97 Å². The van der Waals surface area contributed by atoms with Crippen LogP contribution in [0.15, 0.2) is 35.2 Å². The molecule has 0 spiro atoms. The molecule has 5 heteroatoms. The van der Waals surface area contributed by atoms with E-state index in [0.29, 0.717) is 5.02 Å². The van der Waals surface area contributed by atoms with Gasteiger partial charge in [0, 0.05) is 12.4 Å². The van der Waals surface area contributed by atoms with Gasteiger partial charge in [0.25, 0.3) is 0 Å². The summed E-state index contributed by atoms with van der Waals surface area (Å²) in [5, 5.41) is 3.76. The number of nitrogens with zero attached hydrogens (tertiary/aromatic N) is 2. The van der Waals surface area contributed by atoms with E-state index in [0.717, 1.165) is 21.5 Å². The number of aromatic nitrogens is 2. The molecule has 0 fully saturated rings. The summed E-state index contributed by atoms with van der Waals surface area (Å²) in [5.41, 5.74) is 1.99. The van der Waals surface area contributed by atoms with Gasteiger partial charge in [-0.25, -0.2) is 4.98 Å². The van der Waals surface area contributed by atoms with Crippen molar-refractivity contribution in [2.45, 2.75) is 6.92 Å². The van der Waals surface area contributed by atoms with Crippen molar-refractivity contribution < 1.29 is 0 Å². The number of hydrogen-bond acceptors (Lipinski definition) is 3. The van der Waals surface area contributed by atoms with Gasteiger partial charge >= 0.3 is 0 Å². The van der Waals surface area contributed by atoms with Crippen molar-refractivity contribution in [2.75, 3.05) is 5.32 Å². The minimum Gasteiger partial charge on any atom is -0.338 e. The first-order valence-corrected chi connectivity index (χ1v) is 5.82. The molecule has 0 radical (unpaired) electrons. The van der Waals surface area contributed by atoms with Gasteiger partial charge in [-0.15, -0.1) is 0 Å². The Kier molecular flexibility index (Phi) is 3.41. The molecule has 0 aromatic carbocycles. The first-order chi connectivity index (χ1) is 7.65. The second-order valence-electron chi connectivity index (χ2n) is 3.36. The Labute approximate surface area is 107 Å². The average molecular weight is 299 g/mol. The number of pyridine rings is 2. The molecule has 3 nitrogen and oxygen atoms in total. The molecule has 82 valence electrons. The average Bonchev–Trinajstić information content (AvgIpc) is 2.22. The van der Waals surface area contributed by atoms with Gasteiger partial charge in [-0.1, -0.05) is 11.6 Å². The van der Waals surface area contributed by atoms with Crippen LogP contribution in [0.4, 0.5) is 11.5 Å². The van der Waals surface area contributed by atoms with Crippen molar-refractivity contribution in [3.63, 3.8) is 0 Å². The summed E-state index contributed by atoms with van der Waals surface area (Å²) >= 11 is 9.21. The van der Waals surface area contributed by atoms with Gasteiger partial charge in [0.1, 0.15) is 5.82 Å².